The lowest BCUT2D eigenvalue weighted by Gasteiger charge is -2.30. The van der Waals surface area contributed by atoms with Crippen molar-refractivity contribution < 1.29 is 9.59 Å². The van der Waals surface area contributed by atoms with E-state index in [9.17, 15) is 9.59 Å². The molecule has 1 atom stereocenters. The molecule has 1 saturated carbocycles. The molecule has 2 fully saturated rings. The van der Waals surface area contributed by atoms with E-state index in [-0.39, 0.29) is 18.0 Å². The van der Waals surface area contributed by atoms with E-state index in [2.05, 4.69) is 24.4 Å². The second-order valence-electron chi connectivity index (χ2n) is 7.26. The topological polar surface area (TPSA) is 52.7 Å². The summed E-state index contributed by atoms with van der Waals surface area (Å²) in [5, 5.41) is 3.05. The highest BCUT2D eigenvalue weighted by atomic mass is 16.2. The van der Waals surface area contributed by atoms with Crippen LogP contribution >= 0.6 is 0 Å². The lowest BCUT2D eigenvalue weighted by atomic mass is 10.1. The first-order chi connectivity index (χ1) is 12.1. The number of nitrogens with one attached hydrogen (secondary N) is 1. The van der Waals surface area contributed by atoms with Crippen LogP contribution in [-0.4, -0.2) is 47.4 Å². The van der Waals surface area contributed by atoms with Crippen LogP contribution in [-0.2, 0) is 11.3 Å². The number of hydrogen-bond donors (Lipinski definition) is 1. The highest BCUT2D eigenvalue weighted by Gasteiger charge is 2.34. The molecule has 5 heteroatoms. The summed E-state index contributed by atoms with van der Waals surface area (Å²) in [5.74, 6) is 0.885. The van der Waals surface area contributed by atoms with Crippen molar-refractivity contribution in [2.45, 2.75) is 51.6 Å². The van der Waals surface area contributed by atoms with Gasteiger partial charge in [0.25, 0.3) is 0 Å². The second-order valence-corrected chi connectivity index (χ2v) is 7.26. The van der Waals surface area contributed by atoms with Crippen molar-refractivity contribution in [2.75, 3.05) is 19.6 Å². The summed E-state index contributed by atoms with van der Waals surface area (Å²) in [6.07, 6.45) is 4.90. The maximum atomic E-state index is 12.7. The van der Waals surface area contributed by atoms with Gasteiger partial charge in [0.05, 0.1) is 0 Å². The van der Waals surface area contributed by atoms with Crippen LogP contribution in [0.4, 0.5) is 4.79 Å². The summed E-state index contributed by atoms with van der Waals surface area (Å²) in [7, 11) is 0. The molecule has 25 heavy (non-hydrogen) atoms. The smallest absolute Gasteiger partial charge is 0.317 e. The molecule has 0 spiro atoms. The average molecular weight is 343 g/mol. The van der Waals surface area contributed by atoms with Gasteiger partial charge in [0.1, 0.15) is 0 Å². The van der Waals surface area contributed by atoms with E-state index in [1.165, 1.54) is 12.8 Å². The van der Waals surface area contributed by atoms with Crippen LogP contribution in [0.1, 0.15) is 44.6 Å². The number of carbonyl (C=O) groups excluding carboxylic acids is 2. The van der Waals surface area contributed by atoms with E-state index in [0.29, 0.717) is 25.4 Å². The predicted molar refractivity (Wildman–Crippen MR) is 98.0 cm³/mol. The van der Waals surface area contributed by atoms with Crippen LogP contribution in [0.25, 0.3) is 0 Å². The molecule has 1 aliphatic heterocycles. The molecule has 1 saturated heterocycles. The van der Waals surface area contributed by atoms with Crippen LogP contribution < -0.4 is 5.32 Å². The number of likely N-dealkylation sites (tertiary alicyclic amines) is 1. The molecule has 1 aromatic rings. The number of rotatable bonds is 8. The van der Waals surface area contributed by atoms with Crippen LogP contribution in [0.15, 0.2) is 30.3 Å². The van der Waals surface area contributed by atoms with Gasteiger partial charge < -0.3 is 15.1 Å². The van der Waals surface area contributed by atoms with E-state index in [1.807, 2.05) is 28.0 Å². The van der Waals surface area contributed by atoms with Crippen LogP contribution in [0.2, 0.25) is 0 Å². The molecule has 2 aliphatic rings. The van der Waals surface area contributed by atoms with E-state index >= 15 is 0 Å². The Labute approximate surface area is 150 Å². The molecule has 1 aromatic carbocycles. The summed E-state index contributed by atoms with van der Waals surface area (Å²) < 4.78 is 0. The molecule has 0 aromatic heterocycles. The Morgan fingerprint density at radius 2 is 2.08 bits per heavy atom. The number of hydrogen-bond acceptors (Lipinski definition) is 2. The molecule has 3 rings (SSSR count). The van der Waals surface area contributed by atoms with E-state index in [4.69, 9.17) is 0 Å². The highest BCUT2D eigenvalue weighted by Crippen LogP contribution is 2.35. The summed E-state index contributed by atoms with van der Waals surface area (Å²) in [6.45, 7) is 5.03. The van der Waals surface area contributed by atoms with Gasteiger partial charge in [-0.2, -0.15) is 0 Å². The molecular formula is C20H29N3O2. The molecule has 1 N–H and O–H groups in total. The minimum absolute atomic E-state index is 0.0102. The van der Waals surface area contributed by atoms with Gasteiger partial charge in [-0.15, -0.1) is 0 Å². The van der Waals surface area contributed by atoms with E-state index in [0.717, 1.165) is 31.5 Å². The fraction of sp³-hybridized carbons (Fsp3) is 0.600. The fourth-order valence-electron chi connectivity index (χ4n) is 3.52. The Balaban J connectivity index is 1.49. The van der Waals surface area contributed by atoms with Gasteiger partial charge in [-0.1, -0.05) is 30.3 Å². The second kappa shape index (κ2) is 8.37. The SMILES string of the molecule is C[C@@H](C1CC1)N(Cc1ccccc1)C(=O)NCCCN1CCCC1=O. The van der Waals surface area contributed by atoms with Crippen molar-refractivity contribution in [1.29, 1.82) is 0 Å². The van der Waals surface area contributed by atoms with Crippen molar-refractivity contribution >= 4 is 11.9 Å². The summed E-state index contributed by atoms with van der Waals surface area (Å²) in [4.78, 5) is 28.2. The maximum absolute atomic E-state index is 12.7. The summed E-state index contributed by atoms with van der Waals surface area (Å²) in [6, 6.07) is 10.4. The number of benzene rings is 1. The minimum atomic E-state index is 0.0102. The Morgan fingerprint density at radius 1 is 1.32 bits per heavy atom. The number of nitrogens with zero attached hydrogens (tertiary/aromatic N) is 2. The quantitative estimate of drug-likeness (QED) is 0.738. The zero-order chi connectivity index (χ0) is 17.6. The third-order valence-corrected chi connectivity index (χ3v) is 5.30. The van der Waals surface area contributed by atoms with Gasteiger partial charge in [-0.05, 0) is 44.1 Å². The van der Waals surface area contributed by atoms with Gasteiger partial charge in [0, 0.05) is 38.6 Å². The summed E-state index contributed by atoms with van der Waals surface area (Å²) >= 11 is 0. The van der Waals surface area contributed by atoms with Gasteiger partial charge in [-0.3, -0.25) is 4.79 Å². The lowest BCUT2D eigenvalue weighted by Crippen LogP contribution is -2.46. The van der Waals surface area contributed by atoms with Gasteiger partial charge in [0.15, 0.2) is 0 Å². The van der Waals surface area contributed by atoms with Gasteiger partial charge in [0.2, 0.25) is 5.91 Å². The molecule has 5 nitrogen and oxygen atoms in total. The zero-order valence-electron chi connectivity index (χ0n) is 15.1. The molecule has 1 heterocycles. The number of amides is 3. The molecular weight excluding hydrogens is 314 g/mol. The normalized spacial score (nSPS) is 18.3. The Kier molecular flexibility index (Phi) is 5.95. The predicted octanol–water partition coefficient (Wildman–Crippen LogP) is 3.01. The first kappa shape index (κ1) is 17.8. The molecule has 0 radical (unpaired) electrons. The third kappa shape index (κ3) is 4.97. The lowest BCUT2D eigenvalue weighted by molar-refractivity contribution is -0.127. The largest absolute Gasteiger partial charge is 0.343 e. The first-order valence-corrected chi connectivity index (χ1v) is 9.51. The molecule has 136 valence electrons. The van der Waals surface area contributed by atoms with Crippen molar-refractivity contribution in [3.63, 3.8) is 0 Å². The third-order valence-electron chi connectivity index (χ3n) is 5.30. The average Bonchev–Trinajstić information content (AvgIpc) is 3.40. The molecule has 0 bridgehead atoms. The van der Waals surface area contributed by atoms with Gasteiger partial charge >= 0.3 is 6.03 Å². The van der Waals surface area contributed by atoms with Gasteiger partial charge in [-0.25, -0.2) is 4.79 Å². The molecule has 0 unspecified atom stereocenters. The molecule has 3 amide bonds. The summed E-state index contributed by atoms with van der Waals surface area (Å²) in [5.41, 5.74) is 1.16. The minimum Gasteiger partial charge on any atom is -0.343 e. The van der Waals surface area contributed by atoms with E-state index in [1.54, 1.807) is 0 Å². The Hall–Kier alpha value is -2.04. The van der Waals surface area contributed by atoms with E-state index < -0.39 is 0 Å². The zero-order valence-corrected chi connectivity index (χ0v) is 15.1. The maximum Gasteiger partial charge on any atom is 0.317 e. The fourth-order valence-corrected chi connectivity index (χ4v) is 3.52. The Morgan fingerprint density at radius 3 is 2.72 bits per heavy atom. The van der Waals surface area contributed by atoms with Crippen LogP contribution in [0.3, 0.4) is 0 Å². The number of urea groups is 1. The first-order valence-electron chi connectivity index (χ1n) is 9.51. The van der Waals surface area contributed by atoms with Crippen molar-refractivity contribution in [3.05, 3.63) is 35.9 Å². The monoisotopic (exact) mass is 343 g/mol. The molecule has 1 aliphatic carbocycles. The highest BCUT2D eigenvalue weighted by molar-refractivity contribution is 5.78. The van der Waals surface area contributed by atoms with Crippen molar-refractivity contribution in [1.82, 2.24) is 15.1 Å². The number of carbonyl (C=O) groups is 2. The van der Waals surface area contributed by atoms with Crippen molar-refractivity contribution in [2.24, 2.45) is 5.92 Å². The standard InChI is InChI=1S/C20H29N3O2/c1-16(18-10-11-18)23(15-17-7-3-2-4-8-17)20(25)21-12-6-14-22-13-5-9-19(22)24/h2-4,7-8,16,18H,5-6,9-15H2,1H3,(H,21,25)/t16-/m0/s1. The Bertz CT molecular complexity index is 586. The van der Waals surface area contributed by atoms with Crippen LogP contribution in [0.5, 0.6) is 0 Å². The van der Waals surface area contributed by atoms with Crippen molar-refractivity contribution in [3.8, 4) is 0 Å². The van der Waals surface area contributed by atoms with Crippen LogP contribution in [0, 0.1) is 5.92 Å².